The average Bonchev–Trinajstić information content (AvgIpc) is 2.40. The Kier molecular flexibility index (Phi) is 8.18. The molecule has 0 fully saturated rings. The van der Waals surface area contributed by atoms with Gasteiger partial charge in [-0.05, 0) is 26.6 Å². The van der Waals surface area contributed by atoms with Gasteiger partial charge in [-0.25, -0.2) is 4.99 Å². The SMILES string of the molecule is C=C/C(OC)=C(/N(C/C=C/CBr)C(=C)N=C)C(C)(C)N. The summed E-state index contributed by atoms with van der Waals surface area (Å²) >= 11 is 3.35. The molecular weight excluding hydrogens is 318 g/mol. The van der Waals surface area contributed by atoms with E-state index in [-0.39, 0.29) is 0 Å². The maximum Gasteiger partial charge on any atom is 0.139 e. The predicted octanol–water partition coefficient (Wildman–Crippen LogP) is 3.19. The van der Waals surface area contributed by atoms with Gasteiger partial charge in [-0.3, -0.25) is 0 Å². The van der Waals surface area contributed by atoms with E-state index in [4.69, 9.17) is 10.5 Å². The minimum Gasteiger partial charge on any atom is -0.495 e. The largest absolute Gasteiger partial charge is 0.495 e. The van der Waals surface area contributed by atoms with Crippen LogP contribution in [0.15, 0.2) is 53.7 Å². The fourth-order valence-electron chi connectivity index (χ4n) is 1.73. The molecule has 0 atom stereocenters. The summed E-state index contributed by atoms with van der Waals surface area (Å²) in [6.45, 7) is 15.6. The second-order valence-corrected chi connectivity index (χ2v) is 5.30. The van der Waals surface area contributed by atoms with Gasteiger partial charge in [-0.2, -0.15) is 0 Å². The van der Waals surface area contributed by atoms with Gasteiger partial charge in [-0.15, -0.1) is 0 Å². The van der Waals surface area contributed by atoms with Crippen LogP contribution >= 0.6 is 15.9 Å². The van der Waals surface area contributed by atoms with Crippen molar-refractivity contribution >= 4 is 22.6 Å². The quantitative estimate of drug-likeness (QED) is 0.230. The summed E-state index contributed by atoms with van der Waals surface area (Å²) in [5.41, 5.74) is 6.38. The number of aliphatic imine (C=N–C) groups is 1. The molecule has 0 aliphatic rings. The number of allylic oxidation sites excluding steroid dienone is 2. The van der Waals surface area contributed by atoms with E-state index in [0.29, 0.717) is 18.1 Å². The van der Waals surface area contributed by atoms with Crippen molar-refractivity contribution in [2.75, 3.05) is 19.0 Å². The molecule has 0 aromatic carbocycles. The highest BCUT2D eigenvalue weighted by atomic mass is 79.9. The van der Waals surface area contributed by atoms with E-state index in [1.54, 1.807) is 13.2 Å². The Bertz CT molecular complexity index is 419. The van der Waals surface area contributed by atoms with Crippen LogP contribution in [0, 0.1) is 0 Å². The third-order valence-electron chi connectivity index (χ3n) is 2.56. The molecule has 0 amide bonds. The third-order valence-corrected chi connectivity index (χ3v) is 2.93. The van der Waals surface area contributed by atoms with Crippen LogP contribution in [0.5, 0.6) is 0 Å². The number of rotatable bonds is 9. The minimum absolute atomic E-state index is 0.508. The molecule has 2 N–H and O–H groups in total. The molecule has 0 spiro atoms. The van der Waals surface area contributed by atoms with E-state index < -0.39 is 5.54 Å². The lowest BCUT2D eigenvalue weighted by Crippen LogP contribution is -2.43. The maximum atomic E-state index is 6.27. The van der Waals surface area contributed by atoms with Crippen LogP contribution in [0.3, 0.4) is 0 Å². The van der Waals surface area contributed by atoms with E-state index >= 15 is 0 Å². The first-order valence-electron chi connectivity index (χ1n) is 6.17. The number of methoxy groups -OCH3 is 1. The third kappa shape index (κ3) is 5.35. The summed E-state index contributed by atoms with van der Waals surface area (Å²) in [5, 5.41) is 0.776. The number of ether oxygens (including phenoxy) is 1. The summed E-state index contributed by atoms with van der Waals surface area (Å²) in [6.07, 6.45) is 5.61. The lowest BCUT2D eigenvalue weighted by atomic mass is 9.99. The van der Waals surface area contributed by atoms with E-state index in [9.17, 15) is 0 Å². The highest BCUT2D eigenvalue weighted by Crippen LogP contribution is 2.26. The molecule has 0 aliphatic heterocycles. The number of hydrogen-bond acceptors (Lipinski definition) is 4. The molecule has 4 nitrogen and oxygen atoms in total. The van der Waals surface area contributed by atoms with Crippen LogP contribution in [0.1, 0.15) is 13.8 Å². The number of nitrogens with two attached hydrogens (primary N) is 1. The van der Waals surface area contributed by atoms with Gasteiger partial charge in [0.15, 0.2) is 0 Å². The molecule has 5 heteroatoms. The number of nitrogens with zero attached hydrogens (tertiary/aromatic N) is 2. The predicted molar refractivity (Wildman–Crippen MR) is 90.8 cm³/mol. The summed E-state index contributed by atoms with van der Waals surface area (Å²) in [6, 6.07) is 0. The second kappa shape index (κ2) is 8.76. The van der Waals surface area contributed by atoms with E-state index in [2.05, 4.69) is 40.8 Å². The molecule has 0 saturated heterocycles. The molecule has 0 aromatic rings. The first-order chi connectivity index (χ1) is 9.33. The Balaban J connectivity index is 5.82. The number of hydrogen-bond donors (Lipinski definition) is 1. The molecule has 0 saturated carbocycles. The van der Waals surface area contributed by atoms with Crippen LogP contribution in [0.2, 0.25) is 0 Å². The van der Waals surface area contributed by atoms with Gasteiger partial charge >= 0.3 is 0 Å². The van der Waals surface area contributed by atoms with Crippen molar-refractivity contribution in [1.82, 2.24) is 4.90 Å². The Morgan fingerprint density at radius 1 is 1.45 bits per heavy atom. The highest BCUT2D eigenvalue weighted by Gasteiger charge is 2.28. The van der Waals surface area contributed by atoms with Crippen LogP contribution < -0.4 is 5.73 Å². The molecule has 0 rings (SSSR count). The van der Waals surface area contributed by atoms with Gasteiger partial charge in [0.05, 0.1) is 18.3 Å². The normalized spacial score (nSPS) is 12.8. The zero-order valence-electron chi connectivity index (χ0n) is 12.5. The standard InChI is InChI=1S/C15H24BrN3O/c1-7-13(20-6)14(15(3,4)17)19(12(2)18-5)11-9-8-10-16/h7-9H,1-2,5,10-11,17H2,3-4,6H3/b9-8+,14-13-. The number of alkyl halides is 1. The fraction of sp³-hybridized carbons (Fsp3) is 0.400. The summed E-state index contributed by atoms with van der Waals surface area (Å²) in [5.74, 6) is 1.10. The Morgan fingerprint density at radius 2 is 2.05 bits per heavy atom. The Morgan fingerprint density at radius 3 is 2.40 bits per heavy atom. The molecule has 0 unspecified atom stereocenters. The number of halogens is 1. The molecule has 0 aliphatic carbocycles. The van der Waals surface area contributed by atoms with Gasteiger partial charge in [0.1, 0.15) is 11.6 Å². The van der Waals surface area contributed by atoms with Crippen molar-refractivity contribution in [2.45, 2.75) is 19.4 Å². The first kappa shape index (κ1) is 18.7. The highest BCUT2D eigenvalue weighted by molar-refractivity contribution is 9.09. The van der Waals surface area contributed by atoms with E-state index in [0.717, 1.165) is 11.0 Å². The Hall–Kier alpha value is -1.33. The van der Waals surface area contributed by atoms with Crippen LogP contribution in [0.4, 0.5) is 0 Å². The van der Waals surface area contributed by atoms with Crippen molar-refractivity contribution in [1.29, 1.82) is 0 Å². The van der Waals surface area contributed by atoms with Crippen molar-refractivity contribution < 1.29 is 4.74 Å². The van der Waals surface area contributed by atoms with Crippen molar-refractivity contribution in [3.05, 3.63) is 48.7 Å². The fourth-order valence-corrected chi connectivity index (χ4v) is 1.99. The first-order valence-corrected chi connectivity index (χ1v) is 7.29. The van der Waals surface area contributed by atoms with Gasteiger partial charge in [0, 0.05) is 11.9 Å². The van der Waals surface area contributed by atoms with E-state index in [1.807, 2.05) is 30.9 Å². The van der Waals surface area contributed by atoms with Gasteiger partial charge in [0.25, 0.3) is 0 Å². The lowest BCUT2D eigenvalue weighted by molar-refractivity contribution is 0.266. The van der Waals surface area contributed by atoms with Crippen LogP contribution in [-0.2, 0) is 4.74 Å². The van der Waals surface area contributed by atoms with Crippen LogP contribution in [0.25, 0.3) is 0 Å². The zero-order valence-corrected chi connectivity index (χ0v) is 14.1. The molecule has 0 heterocycles. The molecule has 0 aromatic heterocycles. The lowest BCUT2D eigenvalue weighted by Gasteiger charge is -2.35. The summed E-state index contributed by atoms with van der Waals surface area (Å²) in [7, 11) is 1.58. The smallest absolute Gasteiger partial charge is 0.139 e. The van der Waals surface area contributed by atoms with Gasteiger partial charge < -0.3 is 15.4 Å². The van der Waals surface area contributed by atoms with Crippen molar-refractivity contribution in [2.24, 2.45) is 10.7 Å². The molecular formula is C15H24BrN3O. The maximum absolute atomic E-state index is 6.27. The second-order valence-electron chi connectivity index (χ2n) is 4.65. The monoisotopic (exact) mass is 341 g/mol. The van der Waals surface area contributed by atoms with Crippen molar-refractivity contribution in [3.8, 4) is 0 Å². The van der Waals surface area contributed by atoms with Gasteiger partial charge in [-0.1, -0.05) is 41.2 Å². The molecule has 112 valence electrons. The summed E-state index contributed by atoms with van der Waals surface area (Å²) in [4.78, 5) is 5.78. The summed E-state index contributed by atoms with van der Waals surface area (Å²) < 4.78 is 5.37. The van der Waals surface area contributed by atoms with E-state index in [1.165, 1.54) is 0 Å². The average molecular weight is 342 g/mol. The van der Waals surface area contributed by atoms with Gasteiger partial charge in [0.2, 0.25) is 0 Å². The Labute approximate surface area is 130 Å². The zero-order chi connectivity index (χ0) is 15.8. The minimum atomic E-state index is -0.643. The molecule has 20 heavy (non-hydrogen) atoms. The topological polar surface area (TPSA) is 50.8 Å². The van der Waals surface area contributed by atoms with Crippen molar-refractivity contribution in [3.63, 3.8) is 0 Å². The van der Waals surface area contributed by atoms with Crippen LogP contribution in [-0.4, -0.2) is 36.1 Å². The molecule has 0 bridgehead atoms. The molecule has 0 radical (unpaired) electrons.